The predicted molar refractivity (Wildman–Crippen MR) is 123 cm³/mol. The van der Waals surface area contributed by atoms with E-state index in [0.717, 1.165) is 16.8 Å². The van der Waals surface area contributed by atoms with Gasteiger partial charge in [0.2, 0.25) is 15.9 Å². The smallest absolute Gasteiger partial charge is 0.243 e. The molecule has 2 aromatic carbocycles. The van der Waals surface area contributed by atoms with Crippen LogP contribution in [0.4, 0.5) is 0 Å². The molecule has 7 heteroatoms. The second kappa shape index (κ2) is 9.63. The third kappa shape index (κ3) is 4.89. The van der Waals surface area contributed by atoms with Crippen molar-refractivity contribution in [3.05, 3.63) is 95.8 Å². The highest BCUT2D eigenvalue weighted by Gasteiger charge is 2.33. The van der Waals surface area contributed by atoms with Crippen LogP contribution in [-0.2, 0) is 14.8 Å². The molecule has 1 aromatic heterocycles. The summed E-state index contributed by atoms with van der Waals surface area (Å²) in [6, 6.07) is 21.9. The second-order valence-corrected chi connectivity index (χ2v) is 10.0. The highest BCUT2D eigenvalue weighted by atomic mass is 32.2. The third-order valence-corrected chi connectivity index (χ3v) is 7.80. The van der Waals surface area contributed by atoms with Gasteiger partial charge in [-0.2, -0.15) is 4.31 Å². The van der Waals surface area contributed by atoms with Crippen molar-refractivity contribution in [1.82, 2.24) is 14.6 Å². The molecule has 4 rings (SSSR count). The fourth-order valence-corrected chi connectivity index (χ4v) is 5.47. The van der Waals surface area contributed by atoms with E-state index in [9.17, 15) is 13.2 Å². The Hall–Kier alpha value is -3.03. The number of carbonyl (C=O) groups excluding carboxylic acids is 1. The van der Waals surface area contributed by atoms with Crippen LogP contribution in [0.15, 0.2) is 83.9 Å². The number of nitrogens with one attached hydrogen (secondary N) is 1. The summed E-state index contributed by atoms with van der Waals surface area (Å²) < 4.78 is 27.4. The van der Waals surface area contributed by atoms with Gasteiger partial charge in [0.1, 0.15) is 0 Å². The van der Waals surface area contributed by atoms with E-state index in [1.54, 1.807) is 30.5 Å². The number of piperidine rings is 1. The molecule has 1 unspecified atom stereocenters. The van der Waals surface area contributed by atoms with E-state index >= 15 is 0 Å². The van der Waals surface area contributed by atoms with Crippen LogP contribution in [0.5, 0.6) is 0 Å². The number of sulfonamides is 1. The maximum Gasteiger partial charge on any atom is 0.243 e. The van der Waals surface area contributed by atoms with E-state index in [1.807, 2.05) is 55.5 Å². The molecule has 0 saturated carbocycles. The van der Waals surface area contributed by atoms with Gasteiger partial charge >= 0.3 is 0 Å². The van der Waals surface area contributed by atoms with Gasteiger partial charge in [0.05, 0.1) is 16.6 Å². The number of aromatic nitrogens is 1. The van der Waals surface area contributed by atoms with Crippen LogP contribution in [0.1, 0.15) is 35.7 Å². The van der Waals surface area contributed by atoms with Crippen LogP contribution >= 0.6 is 0 Å². The molecule has 32 heavy (non-hydrogen) atoms. The minimum absolute atomic E-state index is 0.0723. The molecule has 1 fully saturated rings. The van der Waals surface area contributed by atoms with Gasteiger partial charge in [0.15, 0.2) is 0 Å². The fourth-order valence-electron chi connectivity index (χ4n) is 4.00. The lowest BCUT2D eigenvalue weighted by Gasteiger charge is -2.31. The molecule has 0 aliphatic carbocycles. The maximum absolute atomic E-state index is 13.1. The van der Waals surface area contributed by atoms with Gasteiger partial charge in [-0.15, -0.1) is 0 Å². The molecule has 1 N–H and O–H groups in total. The topological polar surface area (TPSA) is 79.4 Å². The first kappa shape index (κ1) is 22.2. The lowest BCUT2D eigenvalue weighted by Crippen LogP contribution is -2.43. The number of aryl methyl sites for hydroxylation is 1. The molecule has 0 radical (unpaired) electrons. The van der Waals surface area contributed by atoms with Crippen molar-refractivity contribution in [3.8, 4) is 0 Å². The van der Waals surface area contributed by atoms with Crippen molar-refractivity contribution in [3.63, 3.8) is 0 Å². The molecule has 2 heterocycles. The van der Waals surface area contributed by atoms with Crippen molar-refractivity contribution in [1.29, 1.82) is 0 Å². The number of pyridine rings is 1. The Morgan fingerprint density at radius 2 is 1.62 bits per heavy atom. The van der Waals surface area contributed by atoms with Crippen LogP contribution in [0, 0.1) is 12.8 Å². The summed E-state index contributed by atoms with van der Waals surface area (Å²) in [6.07, 6.45) is 2.69. The minimum Gasteiger partial charge on any atom is -0.343 e. The van der Waals surface area contributed by atoms with Crippen molar-refractivity contribution in [2.45, 2.75) is 30.7 Å². The van der Waals surface area contributed by atoms with Gasteiger partial charge in [0.25, 0.3) is 0 Å². The molecule has 1 aliphatic rings. The van der Waals surface area contributed by atoms with Crippen LogP contribution in [0.3, 0.4) is 0 Å². The largest absolute Gasteiger partial charge is 0.343 e. The first-order valence-electron chi connectivity index (χ1n) is 10.8. The summed E-state index contributed by atoms with van der Waals surface area (Å²) in [7, 11) is -3.55. The predicted octanol–water partition coefficient (Wildman–Crippen LogP) is 3.70. The zero-order valence-corrected chi connectivity index (χ0v) is 18.8. The normalized spacial score (nSPS) is 16.4. The fraction of sp³-hybridized carbons (Fsp3) is 0.280. The van der Waals surface area contributed by atoms with Crippen LogP contribution < -0.4 is 5.32 Å². The highest BCUT2D eigenvalue weighted by Crippen LogP contribution is 2.26. The molecular formula is C25H27N3O3S. The number of carbonyl (C=O) groups is 1. The molecule has 1 atom stereocenters. The van der Waals surface area contributed by atoms with Gasteiger partial charge < -0.3 is 5.32 Å². The Labute approximate surface area is 189 Å². The SMILES string of the molecule is Cc1ccc(S(=O)(=O)N2CCC(C(=O)NC(c3ccccc3)c3ccccn3)CC2)cc1. The van der Waals surface area contributed by atoms with Crippen LogP contribution in [0.2, 0.25) is 0 Å². The van der Waals surface area contributed by atoms with Gasteiger partial charge in [-0.3, -0.25) is 9.78 Å². The van der Waals surface area contributed by atoms with Crippen molar-refractivity contribution in [2.75, 3.05) is 13.1 Å². The van der Waals surface area contributed by atoms with E-state index in [0.29, 0.717) is 30.8 Å². The van der Waals surface area contributed by atoms with Crippen molar-refractivity contribution < 1.29 is 13.2 Å². The standard InChI is InChI=1S/C25H27N3O3S/c1-19-10-12-22(13-11-19)32(30,31)28-17-14-21(15-18-28)25(29)27-24(20-7-3-2-4-8-20)23-9-5-6-16-26-23/h2-13,16,21,24H,14-15,17-18H2,1H3,(H,27,29). The summed E-state index contributed by atoms with van der Waals surface area (Å²) in [5, 5.41) is 3.14. The molecule has 1 amide bonds. The van der Waals surface area contributed by atoms with E-state index in [-0.39, 0.29) is 17.9 Å². The van der Waals surface area contributed by atoms with Gasteiger partial charge in [-0.1, -0.05) is 54.1 Å². The third-order valence-electron chi connectivity index (χ3n) is 5.89. The molecule has 0 spiro atoms. The highest BCUT2D eigenvalue weighted by molar-refractivity contribution is 7.89. The zero-order chi connectivity index (χ0) is 22.6. The molecule has 166 valence electrons. The maximum atomic E-state index is 13.1. The molecular weight excluding hydrogens is 422 g/mol. The van der Waals surface area contributed by atoms with Gasteiger partial charge in [0, 0.05) is 25.2 Å². The monoisotopic (exact) mass is 449 g/mol. The number of hydrogen-bond donors (Lipinski definition) is 1. The first-order valence-corrected chi connectivity index (χ1v) is 12.2. The van der Waals surface area contributed by atoms with Crippen molar-refractivity contribution in [2.24, 2.45) is 5.92 Å². The molecule has 0 bridgehead atoms. The van der Waals surface area contributed by atoms with Crippen LogP contribution in [0.25, 0.3) is 0 Å². The average molecular weight is 450 g/mol. The summed E-state index contributed by atoms with van der Waals surface area (Å²) >= 11 is 0. The first-order chi connectivity index (χ1) is 15.4. The molecule has 3 aromatic rings. The quantitative estimate of drug-likeness (QED) is 0.622. The summed E-state index contributed by atoms with van der Waals surface area (Å²) in [5.74, 6) is -0.314. The Balaban J connectivity index is 1.44. The summed E-state index contributed by atoms with van der Waals surface area (Å²) in [5.41, 5.74) is 2.74. The molecule has 1 saturated heterocycles. The Morgan fingerprint density at radius 1 is 0.969 bits per heavy atom. The molecule has 1 aliphatic heterocycles. The summed E-state index contributed by atoms with van der Waals surface area (Å²) in [6.45, 7) is 2.58. The van der Waals surface area contributed by atoms with E-state index < -0.39 is 10.0 Å². The van der Waals surface area contributed by atoms with E-state index in [2.05, 4.69) is 10.3 Å². The summed E-state index contributed by atoms with van der Waals surface area (Å²) in [4.78, 5) is 17.8. The Bertz CT molecular complexity index is 1100. The van der Waals surface area contributed by atoms with Gasteiger partial charge in [-0.05, 0) is 49.6 Å². The van der Waals surface area contributed by atoms with E-state index in [1.165, 1.54) is 4.31 Å². The second-order valence-electron chi connectivity index (χ2n) is 8.10. The zero-order valence-electron chi connectivity index (χ0n) is 18.0. The van der Waals surface area contributed by atoms with Gasteiger partial charge in [-0.25, -0.2) is 8.42 Å². The lowest BCUT2D eigenvalue weighted by atomic mass is 9.95. The van der Waals surface area contributed by atoms with Crippen LogP contribution in [-0.4, -0.2) is 36.7 Å². The lowest BCUT2D eigenvalue weighted by molar-refractivity contribution is -0.126. The van der Waals surface area contributed by atoms with E-state index in [4.69, 9.17) is 0 Å². The Morgan fingerprint density at radius 3 is 2.25 bits per heavy atom. The number of benzene rings is 2. The average Bonchev–Trinajstić information content (AvgIpc) is 2.84. The number of rotatable bonds is 6. The number of amides is 1. The Kier molecular flexibility index (Phi) is 6.67. The number of hydrogen-bond acceptors (Lipinski definition) is 4. The van der Waals surface area contributed by atoms with Crippen molar-refractivity contribution >= 4 is 15.9 Å². The minimum atomic E-state index is -3.55. The molecule has 6 nitrogen and oxygen atoms in total. The number of nitrogens with zero attached hydrogens (tertiary/aromatic N) is 2.